The quantitative estimate of drug-likeness (QED) is 0.873. The fourth-order valence-electron chi connectivity index (χ4n) is 1.86. The zero-order chi connectivity index (χ0) is 16.1. The summed E-state index contributed by atoms with van der Waals surface area (Å²) in [6.45, 7) is 1.31. The lowest BCUT2D eigenvalue weighted by atomic mass is 10.2. The number of nitrogens with one attached hydrogen (secondary N) is 2. The van der Waals surface area contributed by atoms with Crippen LogP contribution in [-0.2, 0) is 16.1 Å². The smallest absolute Gasteiger partial charge is 0.251 e. The van der Waals surface area contributed by atoms with Crippen LogP contribution < -0.4 is 16.2 Å². The maximum atomic E-state index is 12.0. The SMILES string of the molecule is CC(=O)Nc1cccc(NC(=O)Cn2cc(Br)ccc2=O)c1. The molecule has 1 aromatic carbocycles. The van der Waals surface area contributed by atoms with Gasteiger partial charge in [0.15, 0.2) is 0 Å². The highest BCUT2D eigenvalue weighted by Gasteiger charge is 2.06. The number of hydrogen-bond acceptors (Lipinski definition) is 3. The Hall–Kier alpha value is -2.41. The second-order valence-electron chi connectivity index (χ2n) is 4.62. The molecule has 0 aliphatic carbocycles. The third kappa shape index (κ3) is 4.56. The number of carbonyl (C=O) groups excluding carboxylic acids is 2. The van der Waals surface area contributed by atoms with Gasteiger partial charge in [0, 0.05) is 35.0 Å². The Morgan fingerprint density at radius 2 is 1.82 bits per heavy atom. The van der Waals surface area contributed by atoms with E-state index in [2.05, 4.69) is 26.6 Å². The summed E-state index contributed by atoms with van der Waals surface area (Å²) >= 11 is 3.25. The Morgan fingerprint density at radius 1 is 1.14 bits per heavy atom. The van der Waals surface area contributed by atoms with Crippen molar-refractivity contribution in [3.63, 3.8) is 0 Å². The van der Waals surface area contributed by atoms with E-state index in [0.29, 0.717) is 15.8 Å². The van der Waals surface area contributed by atoms with E-state index in [1.54, 1.807) is 36.5 Å². The lowest BCUT2D eigenvalue weighted by Gasteiger charge is -2.09. The van der Waals surface area contributed by atoms with Crippen LogP contribution in [0.15, 0.2) is 51.9 Å². The molecule has 2 rings (SSSR count). The summed E-state index contributed by atoms with van der Waals surface area (Å²) in [4.78, 5) is 34.7. The summed E-state index contributed by atoms with van der Waals surface area (Å²) < 4.78 is 2.02. The summed E-state index contributed by atoms with van der Waals surface area (Å²) in [5, 5.41) is 5.32. The first-order valence-electron chi connectivity index (χ1n) is 6.47. The highest BCUT2D eigenvalue weighted by molar-refractivity contribution is 9.10. The number of anilines is 2. The van der Waals surface area contributed by atoms with E-state index in [1.807, 2.05) is 0 Å². The van der Waals surface area contributed by atoms with Crippen LogP contribution >= 0.6 is 15.9 Å². The van der Waals surface area contributed by atoms with Crippen LogP contribution in [0.5, 0.6) is 0 Å². The summed E-state index contributed by atoms with van der Waals surface area (Å²) in [6.07, 6.45) is 1.55. The van der Waals surface area contributed by atoms with Crippen molar-refractivity contribution in [3.8, 4) is 0 Å². The van der Waals surface area contributed by atoms with E-state index >= 15 is 0 Å². The molecular formula is C15H14BrN3O3. The Labute approximate surface area is 135 Å². The second-order valence-corrected chi connectivity index (χ2v) is 5.54. The van der Waals surface area contributed by atoms with Crippen LogP contribution in [0.25, 0.3) is 0 Å². The van der Waals surface area contributed by atoms with Crippen LogP contribution in [0.4, 0.5) is 11.4 Å². The first-order chi connectivity index (χ1) is 10.4. The number of pyridine rings is 1. The minimum Gasteiger partial charge on any atom is -0.326 e. The topological polar surface area (TPSA) is 80.2 Å². The molecule has 1 heterocycles. The van der Waals surface area contributed by atoms with Gasteiger partial charge >= 0.3 is 0 Å². The summed E-state index contributed by atoms with van der Waals surface area (Å²) in [5.74, 6) is -0.524. The van der Waals surface area contributed by atoms with Gasteiger partial charge in [0.1, 0.15) is 6.54 Å². The first kappa shape index (κ1) is 16.0. The Bertz CT molecular complexity index is 771. The van der Waals surface area contributed by atoms with E-state index in [1.165, 1.54) is 17.6 Å². The molecule has 114 valence electrons. The maximum absolute atomic E-state index is 12.0. The van der Waals surface area contributed by atoms with Gasteiger partial charge in [0.2, 0.25) is 11.8 Å². The third-order valence-corrected chi connectivity index (χ3v) is 3.20. The normalized spacial score (nSPS) is 10.1. The number of amides is 2. The van der Waals surface area contributed by atoms with E-state index in [0.717, 1.165) is 0 Å². The molecule has 0 atom stereocenters. The lowest BCUT2D eigenvalue weighted by Crippen LogP contribution is -2.26. The number of hydrogen-bond donors (Lipinski definition) is 2. The predicted octanol–water partition coefficient (Wildman–Crippen LogP) is 2.21. The molecule has 1 aromatic heterocycles. The molecule has 7 heteroatoms. The molecular weight excluding hydrogens is 350 g/mol. The van der Waals surface area contributed by atoms with Crippen molar-refractivity contribution in [2.75, 3.05) is 10.6 Å². The minimum atomic E-state index is -0.333. The van der Waals surface area contributed by atoms with E-state index in [-0.39, 0.29) is 23.9 Å². The molecule has 6 nitrogen and oxygen atoms in total. The standard InChI is InChI=1S/C15H14BrN3O3/c1-10(20)17-12-3-2-4-13(7-12)18-14(21)9-19-8-11(16)5-6-15(19)22/h2-8H,9H2,1H3,(H,17,20)(H,18,21). The highest BCUT2D eigenvalue weighted by atomic mass is 79.9. The van der Waals surface area contributed by atoms with Gasteiger partial charge in [-0.15, -0.1) is 0 Å². The molecule has 0 saturated carbocycles. The molecule has 0 aliphatic heterocycles. The molecule has 0 radical (unpaired) electrons. The lowest BCUT2D eigenvalue weighted by molar-refractivity contribution is -0.117. The van der Waals surface area contributed by atoms with Gasteiger partial charge in [-0.2, -0.15) is 0 Å². The monoisotopic (exact) mass is 363 g/mol. The maximum Gasteiger partial charge on any atom is 0.251 e. The van der Waals surface area contributed by atoms with E-state index in [9.17, 15) is 14.4 Å². The molecule has 0 aliphatic rings. The minimum absolute atomic E-state index is 0.0946. The molecule has 0 spiro atoms. The Morgan fingerprint density at radius 3 is 2.50 bits per heavy atom. The molecule has 0 fully saturated rings. The predicted molar refractivity (Wildman–Crippen MR) is 87.8 cm³/mol. The zero-order valence-electron chi connectivity index (χ0n) is 11.8. The summed E-state index contributed by atoms with van der Waals surface area (Å²) in [7, 11) is 0. The average molecular weight is 364 g/mol. The van der Waals surface area contributed by atoms with Crippen LogP contribution in [-0.4, -0.2) is 16.4 Å². The zero-order valence-corrected chi connectivity index (χ0v) is 13.4. The van der Waals surface area contributed by atoms with E-state index in [4.69, 9.17) is 0 Å². The molecule has 2 aromatic rings. The van der Waals surface area contributed by atoms with Gasteiger partial charge in [-0.05, 0) is 40.2 Å². The Kier molecular flexibility index (Phi) is 5.11. The van der Waals surface area contributed by atoms with Gasteiger partial charge in [-0.1, -0.05) is 6.07 Å². The van der Waals surface area contributed by atoms with Crippen molar-refractivity contribution in [2.24, 2.45) is 0 Å². The largest absolute Gasteiger partial charge is 0.326 e. The van der Waals surface area contributed by atoms with Gasteiger partial charge in [0.05, 0.1) is 0 Å². The molecule has 22 heavy (non-hydrogen) atoms. The number of carbonyl (C=O) groups is 2. The molecule has 0 bridgehead atoms. The molecule has 0 saturated heterocycles. The van der Waals surface area contributed by atoms with Gasteiger partial charge in [0.25, 0.3) is 5.56 Å². The van der Waals surface area contributed by atoms with Crippen molar-refractivity contribution in [1.29, 1.82) is 0 Å². The van der Waals surface area contributed by atoms with Crippen molar-refractivity contribution in [2.45, 2.75) is 13.5 Å². The van der Waals surface area contributed by atoms with Crippen molar-refractivity contribution >= 4 is 39.1 Å². The molecule has 2 N–H and O–H groups in total. The van der Waals surface area contributed by atoms with Crippen molar-refractivity contribution in [1.82, 2.24) is 4.57 Å². The summed E-state index contributed by atoms with van der Waals surface area (Å²) in [6, 6.07) is 9.78. The number of nitrogens with zero attached hydrogens (tertiary/aromatic N) is 1. The average Bonchev–Trinajstić information content (AvgIpc) is 2.42. The van der Waals surface area contributed by atoms with Crippen LogP contribution in [0.1, 0.15) is 6.92 Å². The highest BCUT2D eigenvalue weighted by Crippen LogP contribution is 2.15. The van der Waals surface area contributed by atoms with Gasteiger partial charge in [-0.3, -0.25) is 14.4 Å². The van der Waals surface area contributed by atoms with Crippen molar-refractivity contribution < 1.29 is 9.59 Å². The van der Waals surface area contributed by atoms with Crippen molar-refractivity contribution in [3.05, 3.63) is 57.4 Å². The van der Waals surface area contributed by atoms with Crippen LogP contribution in [0, 0.1) is 0 Å². The fourth-order valence-corrected chi connectivity index (χ4v) is 2.24. The third-order valence-electron chi connectivity index (χ3n) is 2.73. The summed E-state index contributed by atoms with van der Waals surface area (Å²) in [5.41, 5.74) is 0.870. The number of halogens is 1. The molecule has 2 amide bonds. The second kappa shape index (κ2) is 7.04. The Balaban J connectivity index is 2.07. The number of aromatic nitrogens is 1. The van der Waals surface area contributed by atoms with E-state index < -0.39 is 0 Å². The fraction of sp³-hybridized carbons (Fsp3) is 0.133. The van der Waals surface area contributed by atoms with Gasteiger partial charge < -0.3 is 15.2 Å². The van der Waals surface area contributed by atoms with Crippen LogP contribution in [0.3, 0.4) is 0 Å². The van der Waals surface area contributed by atoms with Crippen LogP contribution in [0.2, 0.25) is 0 Å². The first-order valence-corrected chi connectivity index (χ1v) is 7.27. The number of benzene rings is 1. The molecule has 0 unspecified atom stereocenters. The number of rotatable bonds is 4. The van der Waals surface area contributed by atoms with Gasteiger partial charge in [-0.25, -0.2) is 0 Å².